The average molecular weight is 324 g/mol. The van der Waals surface area contributed by atoms with Crippen LogP contribution in [0.15, 0.2) is 64.6 Å². The van der Waals surface area contributed by atoms with Gasteiger partial charge < -0.3 is 4.90 Å². The molecular weight excluding hydrogens is 296 g/mol. The maximum Gasteiger partial charge on any atom is 0.186 e. The molecule has 0 fully saturated rings. The fourth-order valence-corrected chi connectivity index (χ4v) is 2.55. The summed E-state index contributed by atoms with van der Waals surface area (Å²) in [6, 6.07) is 0. The third-order valence-electron chi connectivity index (χ3n) is 4.06. The van der Waals surface area contributed by atoms with Gasteiger partial charge in [0.1, 0.15) is 0 Å². The number of ketones is 1. The highest BCUT2D eigenvalue weighted by Gasteiger charge is 2.34. The highest BCUT2D eigenvalue weighted by Crippen LogP contribution is 2.37. The molecule has 0 aromatic carbocycles. The standard InChI is InChI=1S/C21H28N2O/c1-20(2,3)17-12-16(13-18(19(17)24)21(4,5)6)22-14-15-8-10-23(7)11-9-15/h8-14H,1-7H3. The minimum absolute atomic E-state index is 0.140. The van der Waals surface area contributed by atoms with Gasteiger partial charge in [0.15, 0.2) is 5.78 Å². The number of hydrogen-bond acceptors (Lipinski definition) is 3. The van der Waals surface area contributed by atoms with Gasteiger partial charge in [0.05, 0.1) is 5.71 Å². The Morgan fingerprint density at radius 1 is 0.917 bits per heavy atom. The third kappa shape index (κ3) is 4.22. The normalized spacial score (nSPS) is 18.6. The van der Waals surface area contributed by atoms with Crippen LogP contribution in [-0.4, -0.2) is 23.4 Å². The van der Waals surface area contributed by atoms with Gasteiger partial charge in [-0.05, 0) is 40.7 Å². The Morgan fingerprint density at radius 2 is 1.38 bits per heavy atom. The summed E-state index contributed by atoms with van der Waals surface area (Å²) in [5.74, 6) is 0.140. The van der Waals surface area contributed by atoms with Gasteiger partial charge in [0.25, 0.3) is 0 Å². The number of allylic oxidation sites excluding steroid dienone is 7. The number of carbonyl (C=O) groups excluding carboxylic acids is 1. The van der Waals surface area contributed by atoms with E-state index in [-0.39, 0.29) is 16.6 Å². The first-order valence-corrected chi connectivity index (χ1v) is 8.34. The van der Waals surface area contributed by atoms with Gasteiger partial charge in [-0.1, -0.05) is 41.5 Å². The summed E-state index contributed by atoms with van der Waals surface area (Å²) in [6.07, 6.45) is 13.7. The smallest absolute Gasteiger partial charge is 0.186 e. The molecule has 0 bridgehead atoms. The number of carbonyl (C=O) groups is 1. The molecule has 1 aliphatic carbocycles. The van der Waals surface area contributed by atoms with Crippen molar-refractivity contribution in [3.8, 4) is 0 Å². The molecule has 0 amide bonds. The van der Waals surface area contributed by atoms with Crippen LogP contribution in [0.2, 0.25) is 0 Å². The molecule has 3 heteroatoms. The summed E-state index contributed by atoms with van der Waals surface area (Å²) in [5.41, 5.74) is 3.10. The van der Waals surface area contributed by atoms with Crippen molar-refractivity contribution < 1.29 is 4.79 Å². The molecule has 3 nitrogen and oxygen atoms in total. The Bertz CT molecular complexity index is 662. The van der Waals surface area contributed by atoms with E-state index in [0.29, 0.717) is 0 Å². The number of rotatable bonds is 1. The van der Waals surface area contributed by atoms with Gasteiger partial charge in [-0.2, -0.15) is 0 Å². The fourth-order valence-electron chi connectivity index (χ4n) is 2.55. The highest BCUT2D eigenvalue weighted by atomic mass is 16.1. The zero-order valence-corrected chi connectivity index (χ0v) is 15.8. The molecule has 0 N–H and O–H groups in total. The molecule has 2 rings (SSSR count). The summed E-state index contributed by atoms with van der Waals surface area (Å²) < 4.78 is 0. The molecule has 0 unspecified atom stereocenters. The van der Waals surface area contributed by atoms with Crippen molar-refractivity contribution in [2.24, 2.45) is 15.8 Å². The molecule has 1 heterocycles. The minimum atomic E-state index is -0.205. The van der Waals surface area contributed by atoms with Crippen LogP contribution < -0.4 is 0 Å². The van der Waals surface area contributed by atoms with Crippen molar-refractivity contribution in [3.63, 3.8) is 0 Å². The van der Waals surface area contributed by atoms with Crippen molar-refractivity contribution >= 4 is 11.5 Å². The van der Waals surface area contributed by atoms with Crippen molar-refractivity contribution in [2.75, 3.05) is 7.05 Å². The first-order valence-electron chi connectivity index (χ1n) is 8.34. The second-order valence-corrected chi connectivity index (χ2v) is 8.43. The van der Waals surface area contributed by atoms with Gasteiger partial charge in [0, 0.05) is 36.8 Å². The van der Waals surface area contributed by atoms with E-state index in [1.165, 1.54) is 0 Å². The molecular formula is C21H28N2O. The number of aliphatic imine (C=N–C) groups is 1. The molecule has 128 valence electrons. The van der Waals surface area contributed by atoms with Crippen LogP contribution in [0.4, 0.5) is 0 Å². The molecule has 0 saturated heterocycles. The monoisotopic (exact) mass is 324 g/mol. The second kappa shape index (κ2) is 6.39. The van der Waals surface area contributed by atoms with Crippen LogP contribution in [0.1, 0.15) is 41.5 Å². The van der Waals surface area contributed by atoms with E-state index in [1.807, 2.05) is 54.9 Å². The molecule has 24 heavy (non-hydrogen) atoms. The molecule has 0 saturated carbocycles. The lowest BCUT2D eigenvalue weighted by Gasteiger charge is -2.30. The van der Waals surface area contributed by atoms with Crippen LogP contribution in [0.5, 0.6) is 0 Å². The van der Waals surface area contributed by atoms with Crippen LogP contribution in [0, 0.1) is 10.8 Å². The zero-order chi connectivity index (χ0) is 18.1. The minimum Gasteiger partial charge on any atom is -0.357 e. The van der Waals surface area contributed by atoms with Crippen molar-refractivity contribution in [1.82, 2.24) is 4.90 Å². The molecule has 2 aliphatic rings. The Hall–Kier alpha value is -2.16. The molecule has 0 atom stereocenters. The molecule has 0 radical (unpaired) electrons. The van der Waals surface area contributed by atoms with E-state index >= 15 is 0 Å². The van der Waals surface area contributed by atoms with E-state index in [4.69, 9.17) is 0 Å². The number of nitrogens with zero attached hydrogens (tertiary/aromatic N) is 2. The van der Waals surface area contributed by atoms with Crippen molar-refractivity contribution in [1.29, 1.82) is 0 Å². The van der Waals surface area contributed by atoms with Gasteiger partial charge in [-0.15, -0.1) is 0 Å². The first-order chi connectivity index (χ1) is 11.0. The van der Waals surface area contributed by atoms with Gasteiger partial charge in [-0.3, -0.25) is 9.79 Å². The quantitative estimate of drug-likeness (QED) is 0.648. The largest absolute Gasteiger partial charge is 0.357 e. The lowest BCUT2D eigenvalue weighted by Crippen LogP contribution is -2.29. The number of hydrogen-bond donors (Lipinski definition) is 0. The maximum atomic E-state index is 12.9. The highest BCUT2D eigenvalue weighted by molar-refractivity contribution is 6.23. The van der Waals surface area contributed by atoms with Crippen LogP contribution in [0.25, 0.3) is 0 Å². The van der Waals surface area contributed by atoms with Gasteiger partial charge in [0.2, 0.25) is 0 Å². The van der Waals surface area contributed by atoms with E-state index in [1.54, 1.807) is 0 Å². The Morgan fingerprint density at radius 3 is 1.79 bits per heavy atom. The summed E-state index contributed by atoms with van der Waals surface area (Å²) in [4.78, 5) is 19.5. The average Bonchev–Trinajstić information content (AvgIpc) is 2.45. The third-order valence-corrected chi connectivity index (χ3v) is 4.06. The molecule has 0 aromatic heterocycles. The molecule has 0 aromatic rings. The summed E-state index contributed by atoms with van der Waals surface area (Å²) in [6.45, 7) is 12.4. The van der Waals surface area contributed by atoms with E-state index in [9.17, 15) is 4.79 Å². The SMILES string of the molecule is CN1C=CC(=CN=C2C=C(C(C)(C)C)C(=O)C(C(C)(C)C)=C2)C=C1. The second-order valence-electron chi connectivity index (χ2n) is 8.43. The fraction of sp³-hybridized carbons (Fsp3) is 0.429. The van der Waals surface area contributed by atoms with Crippen LogP contribution >= 0.6 is 0 Å². The predicted octanol–water partition coefficient (Wildman–Crippen LogP) is 4.81. The lowest BCUT2D eigenvalue weighted by atomic mass is 9.72. The van der Waals surface area contributed by atoms with E-state index in [2.05, 4.69) is 46.5 Å². The van der Waals surface area contributed by atoms with Crippen molar-refractivity contribution in [3.05, 3.63) is 59.6 Å². The van der Waals surface area contributed by atoms with E-state index < -0.39 is 0 Å². The zero-order valence-electron chi connectivity index (χ0n) is 15.8. The predicted molar refractivity (Wildman–Crippen MR) is 102 cm³/mol. The summed E-state index contributed by atoms with van der Waals surface area (Å²) in [7, 11) is 1.99. The molecule has 0 spiro atoms. The first kappa shape index (κ1) is 18.2. The molecule has 1 aliphatic heterocycles. The van der Waals surface area contributed by atoms with E-state index in [0.717, 1.165) is 22.4 Å². The Balaban J connectivity index is 2.45. The van der Waals surface area contributed by atoms with Gasteiger partial charge in [-0.25, -0.2) is 0 Å². The lowest BCUT2D eigenvalue weighted by molar-refractivity contribution is -0.114. The topological polar surface area (TPSA) is 32.7 Å². The Kier molecular flexibility index (Phi) is 4.84. The Labute approximate surface area is 145 Å². The van der Waals surface area contributed by atoms with Crippen LogP contribution in [-0.2, 0) is 4.79 Å². The maximum absolute atomic E-state index is 12.9. The van der Waals surface area contributed by atoms with Crippen LogP contribution in [0.3, 0.4) is 0 Å². The summed E-state index contributed by atoms with van der Waals surface area (Å²) >= 11 is 0. The van der Waals surface area contributed by atoms with Gasteiger partial charge >= 0.3 is 0 Å². The summed E-state index contributed by atoms with van der Waals surface area (Å²) in [5, 5.41) is 0. The number of Topliss-reactive ketones (excluding diaryl/α,β-unsaturated/α-hetero) is 1. The van der Waals surface area contributed by atoms with Crippen molar-refractivity contribution in [2.45, 2.75) is 41.5 Å².